The van der Waals surface area contributed by atoms with Crippen LogP contribution in [0.3, 0.4) is 0 Å². The molecule has 0 atom stereocenters. The van der Waals surface area contributed by atoms with Crippen molar-refractivity contribution >= 4 is 23.2 Å². The quantitative estimate of drug-likeness (QED) is 0.728. The van der Waals surface area contributed by atoms with Crippen molar-refractivity contribution in [1.82, 2.24) is 0 Å². The lowest BCUT2D eigenvalue weighted by Crippen LogP contribution is -2.16. The summed E-state index contributed by atoms with van der Waals surface area (Å²) in [6.45, 7) is -1.53. The summed E-state index contributed by atoms with van der Waals surface area (Å²) in [5.74, 6) is 0.328. The van der Waals surface area contributed by atoms with Crippen molar-refractivity contribution in [3.8, 4) is 11.5 Å². The summed E-state index contributed by atoms with van der Waals surface area (Å²) in [6.07, 6.45) is -4.38. The summed E-state index contributed by atoms with van der Waals surface area (Å²) in [5, 5.41) is 2.97. The maximum absolute atomic E-state index is 12.4. The van der Waals surface area contributed by atoms with Crippen molar-refractivity contribution < 1.29 is 32.2 Å². The molecule has 1 N–H and O–H groups in total. The van der Waals surface area contributed by atoms with Crippen LogP contribution in [-0.2, 0) is 11.3 Å². The maximum atomic E-state index is 12.4. The first kappa shape index (κ1) is 20.9. The van der Waals surface area contributed by atoms with Gasteiger partial charge in [-0.15, -0.1) is 0 Å². The zero-order valence-electron chi connectivity index (χ0n) is 14.5. The second-order valence-corrected chi connectivity index (χ2v) is 5.85. The van der Waals surface area contributed by atoms with Crippen LogP contribution in [0.25, 0.3) is 0 Å². The normalized spacial score (nSPS) is 11.2. The van der Waals surface area contributed by atoms with Crippen LogP contribution >= 0.6 is 11.6 Å². The lowest BCUT2D eigenvalue weighted by Gasteiger charge is -2.13. The molecule has 0 unspecified atom stereocenters. The Balaban J connectivity index is 2.05. The first-order chi connectivity index (χ1) is 12.7. The molecular formula is C18H17ClF3NO4. The van der Waals surface area contributed by atoms with E-state index in [0.717, 1.165) is 0 Å². The summed E-state index contributed by atoms with van der Waals surface area (Å²) in [4.78, 5) is 12.4. The zero-order valence-corrected chi connectivity index (χ0v) is 15.3. The van der Waals surface area contributed by atoms with Crippen molar-refractivity contribution in [3.05, 3.63) is 52.5 Å². The van der Waals surface area contributed by atoms with E-state index in [9.17, 15) is 18.0 Å². The van der Waals surface area contributed by atoms with E-state index in [0.29, 0.717) is 33.3 Å². The fourth-order valence-corrected chi connectivity index (χ4v) is 2.43. The van der Waals surface area contributed by atoms with Crippen LogP contribution in [0.5, 0.6) is 11.5 Å². The van der Waals surface area contributed by atoms with E-state index in [1.165, 1.54) is 44.6 Å². The molecule has 0 saturated carbocycles. The SMILES string of the molecule is COc1cc(OC)c(NC(=O)c2ccc(COCC(F)(F)F)cc2)cc1Cl. The third-order valence-electron chi connectivity index (χ3n) is 3.47. The van der Waals surface area contributed by atoms with Gasteiger partial charge < -0.3 is 19.5 Å². The molecule has 0 spiro atoms. The Bertz CT molecular complexity index is 794. The smallest absolute Gasteiger partial charge is 0.411 e. The molecule has 2 aromatic rings. The van der Waals surface area contributed by atoms with E-state index < -0.39 is 18.7 Å². The molecule has 27 heavy (non-hydrogen) atoms. The van der Waals surface area contributed by atoms with Crippen LogP contribution in [0.15, 0.2) is 36.4 Å². The minimum absolute atomic E-state index is 0.205. The van der Waals surface area contributed by atoms with Gasteiger partial charge >= 0.3 is 6.18 Å². The van der Waals surface area contributed by atoms with Crippen molar-refractivity contribution in [2.45, 2.75) is 12.8 Å². The Hall–Kier alpha value is -2.45. The standard InChI is InChI=1S/C18H17ClF3NO4/c1-25-15-8-16(26-2)14(7-13(15)19)23-17(24)12-5-3-11(4-6-12)9-27-10-18(20,21)22/h3-8H,9-10H2,1-2H3,(H,23,24). The van der Waals surface area contributed by atoms with Gasteiger partial charge in [0.05, 0.1) is 31.5 Å². The first-order valence-corrected chi connectivity index (χ1v) is 8.07. The molecule has 146 valence electrons. The first-order valence-electron chi connectivity index (χ1n) is 7.70. The molecule has 0 heterocycles. The largest absolute Gasteiger partial charge is 0.495 e. The fourth-order valence-electron chi connectivity index (χ4n) is 2.19. The van der Waals surface area contributed by atoms with E-state index in [2.05, 4.69) is 10.1 Å². The molecule has 0 radical (unpaired) electrons. The number of anilines is 1. The van der Waals surface area contributed by atoms with Gasteiger partial charge in [-0.3, -0.25) is 4.79 Å². The average molecular weight is 404 g/mol. The van der Waals surface area contributed by atoms with E-state index in [-0.39, 0.29) is 6.61 Å². The van der Waals surface area contributed by atoms with Crippen LogP contribution < -0.4 is 14.8 Å². The van der Waals surface area contributed by atoms with Gasteiger partial charge in [0, 0.05) is 11.6 Å². The third kappa shape index (κ3) is 6.04. The van der Waals surface area contributed by atoms with Crippen LogP contribution in [0.4, 0.5) is 18.9 Å². The molecule has 0 saturated heterocycles. The predicted octanol–water partition coefficient (Wildman–Crippen LogP) is 4.69. The van der Waals surface area contributed by atoms with Gasteiger partial charge in [0.2, 0.25) is 0 Å². The number of hydrogen-bond acceptors (Lipinski definition) is 4. The van der Waals surface area contributed by atoms with Crippen LogP contribution in [0.1, 0.15) is 15.9 Å². The second-order valence-electron chi connectivity index (χ2n) is 5.45. The number of carbonyl (C=O) groups is 1. The van der Waals surface area contributed by atoms with E-state index >= 15 is 0 Å². The molecule has 2 rings (SSSR count). The van der Waals surface area contributed by atoms with Crippen molar-refractivity contribution in [2.75, 3.05) is 26.1 Å². The molecule has 5 nitrogen and oxygen atoms in total. The molecular weight excluding hydrogens is 387 g/mol. The maximum Gasteiger partial charge on any atom is 0.411 e. The van der Waals surface area contributed by atoms with Gasteiger partial charge in [-0.2, -0.15) is 13.2 Å². The van der Waals surface area contributed by atoms with E-state index in [4.69, 9.17) is 21.1 Å². The van der Waals surface area contributed by atoms with Gasteiger partial charge in [0.1, 0.15) is 18.1 Å². The third-order valence-corrected chi connectivity index (χ3v) is 3.77. The van der Waals surface area contributed by atoms with Gasteiger partial charge in [-0.05, 0) is 23.8 Å². The highest BCUT2D eigenvalue weighted by molar-refractivity contribution is 6.32. The summed E-state index contributed by atoms with van der Waals surface area (Å²) >= 11 is 6.06. The van der Waals surface area contributed by atoms with Crippen LogP contribution in [0.2, 0.25) is 5.02 Å². The molecule has 2 aromatic carbocycles. The number of nitrogens with one attached hydrogen (secondary N) is 1. The van der Waals surface area contributed by atoms with Gasteiger partial charge in [0.15, 0.2) is 0 Å². The van der Waals surface area contributed by atoms with Crippen LogP contribution in [0, 0.1) is 0 Å². The summed E-state index contributed by atoms with van der Waals surface area (Å²) in [5.41, 5.74) is 1.18. The molecule has 0 fully saturated rings. The monoisotopic (exact) mass is 403 g/mol. The second kappa shape index (κ2) is 8.96. The number of benzene rings is 2. The Labute approximate surface area is 159 Å². The topological polar surface area (TPSA) is 56.8 Å². The highest BCUT2D eigenvalue weighted by atomic mass is 35.5. The van der Waals surface area contributed by atoms with Crippen molar-refractivity contribution in [3.63, 3.8) is 0 Å². The molecule has 0 aliphatic rings. The Kier molecular flexibility index (Phi) is 6.92. The Morgan fingerprint density at radius 3 is 2.26 bits per heavy atom. The van der Waals surface area contributed by atoms with E-state index in [1.54, 1.807) is 6.07 Å². The Morgan fingerprint density at radius 1 is 1.07 bits per heavy atom. The minimum Gasteiger partial charge on any atom is -0.495 e. The number of carbonyl (C=O) groups excluding carboxylic acids is 1. The minimum atomic E-state index is -4.38. The number of alkyl halides is 3. The van der Waals surface area contributed by atoms with Gasteiger partial charge in [-0.25, -0.2) is 0 Å². The molecule has 1 amide bonds. The molecule has 0 bridgehead atoms. The summed E-state index contributed by atoms with van der Waals surface area (Å²) < 4.78 is 51.1. The zero-order chi connectivity index (χ0) is 20.0. The van der Waals surface area contributed by atoms with Crippen LogP contribution in [-0.4, -0.2) is 32.9 Å². The number of halogens is 4. The average Bonchev–Trinajstić information content (AvgIpc) is 2.61. The van der Waals surface area contributed by atoms with Gasteiger partial charge in [0.25, 0.3) is 5.91 Å². The Morgan fingerprint density at radius 2 is 1.70 bits per heavy atom. The van der Waals surface area contributed by atoms with Crippen molar-refractivity contribution in [2.24, 2.45) is 0 Å². The number of methoxy groups -OCH3 is 2. The number of ether oxygens (including phenoxy) is 3. The number of rotatable bonds is 7. The highest BCUT2D eigenvalue weighted by Gasteiger charge is 2.27. The molecule has 9 heteroatoms. The number of hydrogen-bond donors (Lipinski definition) is 1. The van der Waals surface area contributed by atoms with E-state index in [1.807, 2.05) is 0 Å². The molecule has 0 aliphatic heterocycles. The lowest BCUT2D eigenvalue weighted by atomic mass is 10.1. The van der Waals surface area contributed by atoms with Crippen molar-refractivity contribution in [1.29, 1.82) is 0 Å². The lowest BCUT2D eigenvalue weighted by molar-refractivity contribution is -0.176. The highest BCUT2D eigenvalue weighted by Crippen LogP contribution is 2.36. The molecule has 0 aliphatic carbocycles. The van der Waals surface area contributed by atoms with Gasteiger partial charge in [-0.1, -0.05) is 23.7 Å². The summed E-state index contributed by atoms with van der Waals surface area (Å²) in [7, 11) is 2.90. The molecule has 0 aromatic heterocycles. The number of amides is 1. The predicted molar refractivity (Wildman–Crippen MR) is 94.7 cm³/mol. The fraction of sp³-hybridized carbons (Fsp3) is 0.278. The summed E-state index contributed by atoms with van der Waals surface area (Å²) in [6, 6.07) is 9.04.